The Morgan fingerprint density at radius 3 is 2.74 bits per heavy atom. The van der Waals surface area contributed by atoms with Gasteiger partial charge in [-0.25, -0.2) is 4.98 Å². The summed E-state index contributed by atoms with van der Waals surface area (Å²) >= 11 is 2.83. The standard InChI is InChI=1S/C21H26N6O2S2/c1-3-27-18(12-26-8-10-29-11-9-26)24-25-21(27)31-14-19(28)23-20-22-17(13-30-20)16-6-4-15(2)5-7-16/h4-7,13H,3,8-12,14H2,1-2H3,(H,22,23,28). The number of nitrogens with zero attached hydrogens (tertiary/aromatic N) is 5. The Kier molecular flexibility index (Phi) is 7.33. The fourth-order valence-corrected chi connectivity index (χ4v) is 4.85. The van der Waals surface area contributed by atoms with Gasteiger partial charge >= 0.3 is 0 Å². The maximum absolute atomic E-state index is 12.5. The first kappa shape index (κ1) is 21.9. The fraction of sp³-hybridized carbons (Fsp3) is 0.429. The number of anilines is 1. The van der Waals surface area contributed by atoms with Gasteiger partial charge in [0, 0.05) is 30.6 Å². The zero-order valence-corrected chi connectivity index (χ0v) is 19.3. The predicted octanol–water partition coefficient (Wildman–Crippen LogP) is 3.29. The van der Waals surface area contributed by atoms with Gasteiger partial charge in [-0.15, -0.1) is 21.5 Å². The third-order valence-electron chi connectivity index (χ3n) is 5.01. The summed E-state index contributed by atoms with van der Waals surface area (Å²) in [4.78, 5) is 19.3. The van der Waals surface area contributed by atoms with Crippen LogP contribution in [0.15, 0.2) is 34.8 Å². The van der Waals surface area contributed by atoms with E-state index in [2.05, 4.69) is 55.9 Å². The number of hydrogen-bond acceptors (Lipinski definition) is 8. The van der Waals surface area contributed by atoms with E-state index in [1.165, 1.54) is 28.7 Å². The molecule has 1 aromatic carbocycles. The molecule has 1 amide bonds. The molecule has 1 fully saturated rings. The summed E-state index contributed by atoms with van der Waals surface area (Å²) in [6, 6.07) is 8.19. The van der Waals surface area contributed by atoms with E-state index in [9.17, 15) is 4.79 Å². The highest BCUT2D eigenvalue weighted by Crippen LogP contribution is 2.25. The summed E-state index contributed by atoms with van der Waals surface area (Å²) in [5.41, 5.74) is 3.12. The SMILES string of the molecule is CCn1c(CN2CCOCC2)nnc1SCC(=O)Nc1nc(-c2ccc(C)cc2)cs1. The number of carbonyl (C=O) groups is 1. The quantitative estimate of drug-likeness (QED) is 0.519. The van der Waals surface area contributed by atoms with Gasteiger partial charge in [0.15, 0.2) is 10.3 Å². The van der Waals surface area contributed by atoms with Gasteiger partial charge in [-0.3, -0.25) is 9.69 Å². The molecule has 0 spiro atoms. The van der Waals surface area contributed by atoms with E-state index in [0.29, 0.717) is 5.13 Å². The van der Waals surface area contributed by atoms with E-state index in [0.717, 1.165) is 61.6 Å². The molecule has 1 aliphatic heterocycles. The summed E-state index contributed by atoms with van der Waals surface area (Å²) < 4.78 is 7.48. The highest BCUT2D eigenvalue weighted by atomic mass is 32.2. The second-order valence-electron chi connectivity index (χ2n) is 7.27. The number of carbonyl (C=O) groups excluding carboxylic acids is 1. The molecule has 2 aromatic heterocycles. The first-order valence-corrected chi connectivity index (χ1v) is 12.2. The molecule has 0 unspecified atom stereocenters. The van der Waals surface area contributed by atoms with Crippen molar-refractivity contribution in [1.29, 1.82) is 0 Å². The summed E-state index contributed by atoms with van der Waals surface area (Å²) in [5.74, 6) is 1.08. The summed E-state index contributed by atoms with van der Waals surface area (Å²) in [5, 5.41) is 14.9. The third kappa shape index (κ3) is 5.70. The molecule has 1 N–H and O–H groups in total. The number of hydrogen-bond donors (Lipinski definition) is 1. The Morgan fingerprint density at radius 1 is 1.23 bits per heavy atom. The van der Waals surface area contributed by atoms with Crippen LogP contribution in [0, 0.1) is 6.92 Å². The lowest BCUT2D eigenvalue weighted by atomic mass is 10.1. The van der Waals surface area contributed by atoms with Crippen molar-refractivity contribution >= 4 is 34.1 Å². The van der Waals surface area contributed by atoms with Crippen LogP contribution in [0.5, 0.6) is 0 Å². The van der Waals surface area contributed by atoms with Crippen molar-refractivity contribution in [2.45, 2.75) is 32.1 Å². The van der Waals surface area contributed by atoms with Crippen molar-refractivity contribution in [2.75, 3.05) is 37.4 Å². The van der Waals surface area contributed by atoms with Crippen LogP contribution in [-0.4, -0.2) is 62.6 Å². The van der Waals surface area contributed by atoms with Gasteiger partial charge in [0.25, 0.3) is 0 Å². The molecule has 4 rings (SSSR count). The van der Waals surface area contributed by atoms with Gasteiger partial charge in [-0.1, -0.05) is 41.6 Å². The minimum atomic E-state index is -0.102. The van der Waals surface area contributed by atoms with Crippen LogP contribution >= 0.6 is 23.1 Å². The topological polar surface area (TPSA) is 85.2 Å². The molecule has 3 heterocycles. The molecular formula is C21H26N6O2S2. The number of rotatable bonds is 8. The maximum atomic E-state index is 12.5. The minimum absolute atomic E-state index is 0.102. The zero-order valence-electron chi connectivity index (χ0n) is 17.7. The number of thiazole rings is 1. The summed E-state index contributed by atoms with van der Waals surface area (Å²) in [6.07, 6.45) is 0. The van der Waals surface area contributed by atoms with E-state index in [-0.39, 0.29) is 11.7 Å². The number of aryl methyl sites for hydroxylation is 1. The molecule has 8 nitrogen and oxygen atoms in total. The Balaban J connectivity index is 1.32. The number of aromatic nitrogens is 4. The van der Waals surface area contributed by atoms with E-state index < -0.39 is 0 Å². The summed E-state index contributed by atoms with van der Waals surface area (Å²) in [6.45, 7) is 8.95. The predicted molar refractivity (Wildman–Crippen MR) is 123 cm³/mol. The van der Waals surface area contributed by atoms with Gasteiger partial charge in [0.1, 0.15) is 5.82 Å². The first-order chi connectivity index (χ1) is 15.1. The van der Waals surface area contributed by atoms with Crippen LogP contribution in [0.2, 0.25) is 0 Å². The smallest absolute Gasteiger partial charge is 0.236 e. The van der Waals surface area contributed by atoms with Gasteiger partial charge in [0.05, 0.1) is 31.2 Å². The molecule has 0 aliphatic carbocycles. The van der Waals surface area contributed by atoms with Crippen molar-refractivity contribution < 1.29 is 9.53 Å². The number of nitrogens with one attached hydrogen (secondary N) is 1. The van der Waals surface area contributed by atoms with E-state index in [1.807, 2.05) is 17.5 Å². The van der Waals surface area contributed by atoms with Crippen LogP contribution in [0.1, 0.15) is 18.3 Å². The molecule has 0 radical (unpaired) electrons. The number of benzene rings is 1. The molecule has 0 atom stereocenters. The number of morpholine rings is 1. The minimum Gasteiger partial charge on any atom is -0.379 e. The average Bonchev–Trinajstić information content (AvgIpc) is 3.40. The molecule has 31 heavy (non-hydrogen) atoms. The number of thioether (sulfide) groups is 1. The van der Waals surface area contributed by atoms with Crippen LogP contribution in [-0.2, 0) is 22.6 Å². The molecule has 10 heteroatoms. The van der Waals surface area contributed by atoms with Crippen LogP contribution < -0.4 is 5.32 Å². The van der Waals surface area contributed by atoms with Gasteiger partial charge in [-0.05, 0) is 13.8 Å². The van der Waals surface area contributed by atoms with E-state index in [4.69, 9.17) is 4.74 Å². The Hall–Kier alpha value is -2.27. The van der Waals surface area contributed by atoms with E-state index in [1.54, 1.807) is 0 Å². The number of ether oxygens (including phenoxy) is 1. The molecular weight excluding hydrogens is 432 g/mol. The lowest BCUT2D eigenvalue weighted by Crippen LogP contribution is -2.36. The molecule has 3 aromatic rings. The van der Waals surface area contributed by atoms with Crippen molar-refractivity contribution in [2.24, 2.45) is 0 Å². The average molecular weight is 459 g/mol. The Bertz CT molecular complexity index is 1010. The molecule has 164 valence electrons. The van der Waals surface area contributed by atoms with Crippen LogP contribution in [0.3, 0.4) is 0 Å². The van der Waals surface area contributed by atoms with E-state index >= 15 is 0 Å². The van der Waals surface area contributed by atoms with Crippen molar-refractivity contribution in [1.82, 2.24) is 24.6 Å². The number of amides is 1. The highest BCUT2D eigenvalue weighted by molar-refractivity contribution is 7.99. The van der Waals surface area contributed by atoms with Gasteiger partial charge in [-0.2, -0.15) is 0 Å². The Morgan fingerprint density at radius 2 is 2.00 bits per heavy atom. The van der Waals surface area contributed by atoms with Crippen molar-refractivity contribution in [3.8, 4) is 11.3 Å². The van der Waals surface area contributed by atoms with Crippen LogP contribution in [0.25, 0.3) is 11.3 Å². The first-order valence-electron chi connectivity index (χ1n) is 10.3. The second kappa shape index (κ2) is 10.4. The fourth-order valence-electron chi connectivity index (χ4n) is 3.29. The monoisotopic (exact) mass is 458 g/mol. The molecule has 0 saturated carbocycles. The van der Waals surface area contributed by atoms with Gasteiger partial charge in [0.2, 0.25) is 5.91 Å². The third-order valence-corrected chi connectivity index (χ3v) is 6.73. The lowest BCUT2D eigenvalue weighted by Gasteiger charge is -2.26. The Labute approximate surface area is 190 Å². The zero-order chi connectivity index (χ0) is 21.6. The summed E-state index contributed by atoms with van der Waals surface area (Å²) in [7, 11) is 0. The maximum Gasteiger partial charge on any atom is 0.236 e. The van der Waals surface area contributed by atoms with Crippen molar-refractivity contribution in [3.63, 3.8) is 0 Å². The largest absolute Gasteiger partial charge is 0.379 e. The highest BCUT2D eigenvalue weighted by Gasteiger charge is 2.18. The van der Waals surface area contributed by atoms with Crippen molar-refractivity contribution in [3.05, 3.63) is 41.0 Å². The van der Waals surface area contributed by atoms with Crippen LogP contribution in [0.4, 0.5) is 5.13 Å². The molecule has 1 saturated heterocycles. The molecule has 1 aliphatic rings. The van der Waals surface area contributed by atoms with Gasteiger partial charge < -0.3 is 14.6 Å². The normalized spacial score (nSPS) is 14.6. The second-order valence-corrected chi connectivity index (χ2v) is 9.07. The molecule has 0 bridgehead atoms. The lowest BCUT2D eigenvalue weighted by molar-refractivity contribution is -0.113.